The van der Waals surface area contributed by atoms with Crippen LogP contribution >= 0.6 is 0 Å². The second-order valence-corrected chi connectivity index (χ2v) is 11.3. The largest absolute Gasteiger partial charge is 0.481 e. The minimum atomic E-state index is -1.01. The molecule has 0 aromatic heterocycles. The van der Waals surface area contributed by atoms with E-state index in [2.05, 4.69) is 31.3 Å². The fraction of sp³-hybridized carbons (Fsp3) is 0.394. The zero-order valence-electron chi connectivity index (χ0n) is 24.7. The summed E-state index contributed by atoms with van der Waals surface area (Å²) in [4.78, 5) is 30.4. The molecule has 1 saturated heterocycles. The summed E-state index contributed by atoms with van der Waals surface area (Å²) in [6.45, 7) is 6.31. The van der Waals surface area contributed by atoms with Crippen LogP contribution in [0.2, 0.25) is 0 Å². The lowest BCUT2D eigenvalue weighted by Gasteiger charge is -2.27. The lowest BCUT2D eigenvalue weighted by Crippen LogP contribution is -2.35. The van der Waals surface area contributed by atoms with Crippen molar-refractivity contribution in [2.24, 2.45) is 5.92 Å². The van der Waals surface area contributed by atoms with Crippen LogP contribution in [-0.2, 0) is 22.4 Å². The number of rotatable bonds is 9. The normalized spacial score (nSPS) is 19.6. The summed E-state index contributed by atoms with van der Waals surface area (Å²) in [7, 11) is 3.87. The average molecular weight is 576 g/mol. The van der Waals surface area contributed by atoms with Crippen LogP contribution in [0.25, 0.3) is 0 Å². The number of ether oxygens (including phenoxy) is 2. The molecule has 222 valence electrons. The van der Waals surface area contributed by atoms with Crippen molar-refractivity contribution in [3.05, 3.63) is 82.2 Å². The van der Waals surface area contributed by atoms with E-state index in [-0.39, 0.29) is 37.3 Å². The van der Waals surface area contributed by atoms with Gasteiger partial charge in [0, 0.05) is 44.0 Å². The van der Waals surface area contributed by atoms with Crippen molar-refractivity contribution in [1.82, 2.24) is 4.90 Å². The number of aryl methyl sites for hydroxylation is 3. The molecule has 0 spiro atoms. The molecule has 5 rings (SSSR count). The first kappa shape index (κ1) is 29.4. The molecule has 2 aliphatic rings. The fourth-order valence-corrected chi connectivity index (χ4v) is 6.32. The molecule has 2 N–H and O–H groups in total. The van der Waals surface area contributed by atoms with Gasteiger partial charge in [-0.3, -0.25) is 14.5 Å². The highest BCUT2D eigenvalue weighted by Crippen LogP contribution is 2.48. The Balaban J connectivity index is 1.51. The van der Waals surface area contributed by atoms with Gasteiger partial charge in [0.2, 0.25) is 18.4 Å². The van der Waals surface area contributed by atoms with Crippen LogP contribution in [0.15, 0.2) is 48.5 Å². The topological polar surface area (TPSA) is 91.3 Å². The van der Waals surface area contributed by atoms with Gasteiger partial charge in [-0.05, 0) is 66.3 Å². The molecule has 8 nitrogen and oxygen atoms in total. The van der Waals surface area contributed by atoms with Gasteiger partial charge in [0.05, 0.1) is 12.5 Å². The van der Waals surface area contributed by atoms with E-state index in [4.69, 9.17) is 9.47 Å². The van der Waals surface area contributed by atoms with Crippen molar-refractivity contribution < 1.29 is 28.6 Å². The van der Waals surface area contributed by atoms with Crippen LogP contribution in [0.1, 0.15) is 53.6 Å². The number of nitrogens with zero attached hydrogens (tertiary/aromatic N) is 2. The van der Waals surface area contributed by atoms with Gasteiger partial charge in [-0.1, -0.05) is 43.7 Å². The molecule has 2 heterocycles. The third-order valence-electron chi connectivity index (χ3n) is 8.33. The number of hydrogen-bond donors (Lipinski definition) is 2. The molecule has 1 amide bonds. The second kappa shape index (κ2) is 12.0. The Kier molecular flexibility index (Phi) is 8.41. The van der Waals surface area contributed by atoms with Crippen molar-refractivity contribution >= 4 is 23.3 Å². The van der Waals surface area contributed by atoms with Crippen molar-refractivity contribution in [3.8, 4) is 11.5 Å². The molecule has 3 aromatic rings. The van der Waals surface area contributed by atoms with Gasteiger partial charge in [-0.15, -0.1) is 0 Å². The Labute approximate surface area is 246 Å². The molecule has 42 heavy (non-hydrogen) atoms. The maximum atomic E-state index is 15.0. The van der Waals surface area contributed by atoms with E-state index in [1.165, 1.54) is 6.07 Å². The summed E-state index contributed by atoms with van der Waals surface area (Å²) in [5, 5.41) is 13.7. The van der Waals surface area contributed by atoms with Crippen molar-refractivity contribution in [3.63, 3.8) is 0 Å². The van der Waals surface area contributed by atoms with E-state index in [0.717, 1.165) is 46.5 Å². The number of carboxylic acid groups (broad SMARTS) is 1. The van der Waals surface area contributed by atoms with Crippen LogP contribution in [0.4, 0.5) is 15.8 Å². The standard InChI is InChI=1S/C33H38FN3O5/c1-6-20-12-19(3)13-21(7-2)30(20)35-28(38)17-37-16-25(23-14-26(34)32-27(15-23)41-18-42-32)29(33(39)40)31(37)22-8-10-24(11-9-22)36(4)5/h8-15,25,29,31H,6-7,16-18H2,1-5H3,(H,35,38)(H,39,40)/t25-,29?,31+/m1/s1. The summed E-state index contributed by atoms with van der Waals surface area (Å²) < 4.78 is 25.6. The minimum Gasteiger partial charge on any atom is -0.481 e. The van der Waals surface area contributed by atoms with Crippen molar-refractivity contribution in [2.45, 2.75) is 45.6 Å². The van der Waals surface area contributed by atoms with Crippen LogP contribution in [0.5, 0.6) is 11.5 Å². The minimum absolute atomic E-state index is 0.0202. The molecule has 2 aliphatic heterocycles. The summed E-state index contributed by atoms with van der Waals surface area (Å²) >= 11 is 0. The molecule has 0 bridgehead atoms. The Morgan fingerprint density at radius 2 is 1.69 bits per heavy atom. The van der Waals surface area contributed by atoms with Crippen LogP contribution < -0.4 is 19.7 Å². The number of anilines is 2. The number of fused-ring (bicyclic) bond motifs is 1. The number of hydrogen-bond acceptors (Lipinski definition) is 6. The lowest BCUT2D eigenvalue weighted by molar-refractivity contribution is -0.143. The SMILES string of the molecule is CCc1cc(C)cc(CC)c1NC(=O)CN1C[C@H](c2cc(F)c3c(c2)OCO3)C(C(=O)O)[C@@H]1c1ccc(N(C)C)cc1. The smallest absolute Gasteiger partial charge is 0.309 e. The summed E-state index contributed by atoms with van der Waals surface area (Å²) in [6, 6.07) is 14.3. The first-order chi connectivity index (χ1) is 20.1. The van der Waals surface area contributed by atoms with Crippen LogP contribution in [-0.4, -0.2) is 55.9 Å². The molecule has 1 fully saturated rings. The monoisotopic (exact) mass is 575 g/mol. The molecule has 9 heteroatoms. The van der Waals surface area contributed by atoms with Crippen LogP contribution in [0, 0.1) is 18.7 Å². The van der Waals surface area contributed by atoms with E-state index in [1.54, 1.807) is 6.07 Å². The van der Waals surface area contributed by atoms with Gasteiger partial charge < -0.3 is 24.8 Å². The molecule has 0 radical (unpaired) electrons. The van der Waals surface area contributed by atoms with Gasteiger partial charge in [0.1, 0.15) is 0 Å². The maximum absolute atomic E-state index is 15.0. The third kappa shape index (κ3) is 5.66. The van der Waals surface area contributed by atoms with Gasteiger partial charge in [0.15, 0.2) is 11.6 Å². The average Bonchev–Trinajstić information content (AvgIpc) is 3.59. The molecular formula is C33H38FN3O5. The van der Waals surface area contributed by atoms with E-state index < -0.39 is 29.7 Å². The lowest BCUT2D eigenvalue weighted by atomic mass is 9.82. The molecular weight excluding hydrogens is 537 g/mol. The fourth-order valence-electron chi connectivity index (χ4n) is 6.32. The highest BCUT2D eigenvalue weighted by Gasteiger charge is 2.48. The zero-order chi connectivity index (χ0) is 30.1. The highest BCUT2D eigenvalue weighted by molar-refractivity contribution is 5.94. The first-order valence-corrected chi connectivity index (χ1v) is 14.4. The van der Waals surface area contributed by atoms with E-state index in [0.29, 0.717) is 5.56 Å². The number of likely N-dealkylation sites (tertiary alicyclic amines) is 1. The Morgan fingerprint density at radius 1 is 1.02 bits per heavy atom. The van der Waals surface area contributed by atoms with Gasteiger partial charge in [0.25, 0.3) is 0 Å². The number of benzene rings is 3. The number of aliphatic carboxylic acids is 1. The molecule has 3 aromatic carbocycles. The van der Waals surface area contributed by atoms with E-state index >= 15 is 0 Å². The number of amides is 1. The highest BCUT2D eigenvalue weighted by atomic mass is 19.1. The predicted octanol–water partition coefficient (Wildman–Crippen LogP) is 5.53. The summed E-state index contributed by atoms with van der Waals surface area (Å²) in [5.74, 6) is -3.05. The quantitative estimate of drug-likeness (QED) is 0.347. The van der Waals surface area contributed by atoms with E-state index in [1.807, 2.05) is 55.1 Å². The zero-order valence-corrected chi connectivity index (χ0v) is 24.7. The second-order valence-electron chi connectivity index (χ2n) is 11.3. The van der Waals surface area contributed by atoms with Crippen molar-refractivity contribution in [1.29, 1.82) is 0 Å². The van der Waals surface area contributed by atoms with Gasteiger partial charge in [-0.2, -0.15) is 0 Å². The Bertz CT molecular complexity index is 1460. The van der Waals surface area contributed by atoms with Crippen LogP contribution in [0.3, 0.4) is 0 Å². The Morgan fingerprint density at radius 3 is 2.29 bits per heavy atom. The molecule has 1 unspecified atom stereocenters. The van der Waals surface area contributed by atoms with Crippen molar-refractivity contribution in [2.75, 3.05) is 44.2 Å². The number of carboxylic acids is 1. The van der Waals surface area contributed by atoms with E-state index in [9.17, 15) is 19.1 Å². The van der Waals surface area contributed by atoms with Gasteiger partial charge in [-0.25, -0.2) is 4.39 Å². The molecule has 0 aliphatic carbocycles. The summed E-state index contributed by atoms with van der Waals surface area (Å²) in [5.41, 5.74) is 6.35. The molecule has 0 saturated carbocycles. The number of halogens is 1. The molecule has 3 atom stereocenters. The first-order valence-electron chi connectivity index (χ1n) is 14.4. The maximum Gasteiger partial charge on any atom is 0.309 e. The predicted molar refractivity (Wildman–Crippen MR) is 160 cm³/mol. The third-order valence-corrected chi connectivity index (χ3v) is 8.33. The summed E-state index contributed by atoms with van der Waals surface area (Å²) in [6.07, 6.45) is 1.54. The van der Waals surface area contributed by atoms with Gasteiger partial charge >= 0.3 is 5.97 Å². The number of carbonyl (C=O) groups is 2. The number of carbonyl (C=O) groups excluding carboxylic acids is 1. The number of nitrogens with one attached hydrogen (secondary N) is 1. The Hall–Kier alpha value is -4.11.